The van der Waals surface area contributed by atoms with E-state index in [1.165, 1.54) is 16.9 Å². The molecule has 0 aromatic heterocycles. The minimum atomic E-state index is -0.364. The van der Waals surface area contributed by atoms with Crippen molar-refractivity contribution < 1.29 is 23.9 Å². The summed E-state index contributed by atoms with van der Waals surface area (Å²) in [6.07, 6.45) is 2.70. The van der Waals surface area contributed by atoms with Crippen LogP contribution in [0.5, 0.6) is 11.5 Å². The van der Waals surface area contributed by atoms with Crippen LogP contribution >= 0.6 is 0 Å². The summed E-state index contributed by atoms with van der Waals surface area (Å²) in [5.41, 5.74) is 2.39. The highest BCUT2D eigenvalue weighted by Crippen LogP contribution is 2.40. The van der Waals surface area contributed by atoms with Crippen molar-refractivity contribution in [3.8, 4) is 11.5 Å². The molecule has 2 aliphatic rings. The second kappa shape index (κ2) is 9.62. The standard InChI is InChI=1S/C25H30N4O5/c1-27(2)24(31)16-8-11-19-21(13-16)29(25(32)20-7-5-6-12-28(19)20)15-23(30)26-18-10-9-17(33-3)14-22(18)34-4/h8-11,13-14,20H,5-7,12,15H2,1-4H3,(H,26,30)/t20-/m0/s1. The number of carbonyl (C=O) groups excluding carboxylic acids is 3. The summed E-state index contributed by atoms with van der Waals surface area (Å²) < 4.78 is 10.6. The first-order valence-corrected chi connectivity index (χ1v) is 11.3. The van der Waals surface area contributed by atoms with E-state index in [1.807, 2.05) is 6.07 Å². The summed E-state index contributed by atoms with van der Waals surface area (Å²) in [5.74, 6) is 0.402. The number of methoxy groups -OCH3 is 2. The first-order chi connectivity index (χ1) is 16.3. The zero-order valence-corrected chi connectivity index (χ0v) is 20.0. The van der Waals surface area contributed by atoms with E-state index in [4.69, 9.17) is 9.47 Å². The van der Waals surface area contributed by atoms with E-state index in [-0.39, 0.29) is 30.3 Å². The molecular weight excluding hydrogens is 436 g/mol. The van der Waals surface area contributed by atoms with Crippen LogP contribution in [0.2, 0.25) is 0 Å². The van der Waals surface area contributed by atoms with Crippen LogP contribution < -0.4 is 24.6 Å². The Morgan fingerprint density at radius 1 is 1.06 bits per heavy atom. The lowest BCUT2D eigenvalue weighted by Crippen LogP contribution is -2.56. The largest absolute Gasteiger partial charge is 0.497 e. The number of anilines is 3. The molecule has 3 amide bonds. The molecule has 1 fully saturated rings. The third-order valence-corrected chi connectivity index (χ3v) is 6.27. The molecule has 0 spiro atoms. The van der Waals surface area contributed by atoms with E-state index in [0.717, 1.165) is 31.5 Å². The topological polar surface area (TPSA) is 91.4 Å². The van der Waals surface area contributed by atoms with E-state index < -0.39 is 0 Å². The fraction of sp³-hybridized carbons (Fsp3) is 0.400. The van der Waals surface area contributed by atoms with Crippen LogP contribution in [0.1, 0.15) is 29.6 Å². The summed E-state index contributed by atoms with van der Waals surface area (Å²) in [4.78, 5) is 44.2. The SMILES string of the molecule is COc1ccc(NC(=O)CN2C(=O)[C@@H]3CCCCN3c3ccc(C(=O)N(C)C)cc32)c(OC)c1. The molecule has 1 atom stereocenters. The molecule has 1 saturated heterocycles. The highest BCUT2D eigenvalue weighted by Gasteiger charge is 2.40. The Bertz CT molecular complexity index is 1120. The molecule has 9 heteroatoms. The fourth-order valence-electron chi connectivity index (χ4n) is 4.55. The third-order valence-electron chi connectivity index (χ3n) is 6.27. The lowest BCUT2D eigenvalue weighted by atomic mass is 9.95. The summed E-state index contributed by atoms with van der Waals surface area (Å²) in [6.45, 7) is 0.596. The molecule has 1 N–H and O–H groups in total. The number of amides is 3. The zero-order valence-electron chi connectivity index (χ0n) is 20.0. The van der Waals surface area contributed by atoms with Crippen LogP contribution in [0.25, 0.3) is 0 Å². The predicted octanol–water partition coefficient (Wildman–Crippen LogP) is 2.75. The third kappa shape index (κ3) is 4.37. The highest BCUT2D eigenvalue weighted by atomic mass is 16.5. The van der Waals surface area contributed by atoms with E-state index >= 15 is 0 Å². The van der Waals surface area contributed by atoms with Crippen molar-refractivity contribution in [1.82, 2.24) is 4.90 Å². The number of carbonyl (C=O) groups is 3. The van der Waals surface area contributed by atoms with Crippen LogP contribution in [0.3, 0.4) is 0 Å². The Morgan fingerprint density at radius 3 is 2.56 bits per heavy atom. The average molecular weight is 467 g/mol. The van der Waals surface area contributed by atoms with Crippen molar-refractivity contribution >= 4 is 34.8 Å². The van der Waals surface area contributed by atoms with Gasteiger partial charge in [0.2, 0.25) is 11.8 Å². The van der Waals surface area contributed by atoms with Gasteiger partial charge >= 0.3 is 0 Å². The van der Waals surface area contributed by atoms with Crippen molar-refractivity contribution in [2.75, 3.05) is 56.5 Å². The Hall–Kier alpha value is -3.75. The summed E-state index contributed by atoms with van der Waals surface area (Å²) in [5, 5.41) is 2.84. The van der Waals surface area contributed by atoms with Crippen LogP contribution in [-0.2, 0) is 9.59 Å². The lowest BCUT2D eigenvalue weighted by Gasteiger charge is -2.45. The number of ether oxygens (including phenoxy) is 2. The van der Waals surface area contributed by atoms with Gasteiger partial charge in [-0.2, -0.15) is 0 Å². The van der Waals surface area contributed by atoms with E-state index in [1.54, 1.807) is 51.5 Å². The monoisotopic (exact) mass is 466 g/mol. The smallest absolute Gasteiger partial charge is 0.253 e. The maximum absolute atomic E-state index is 13.5. The van der Waals surface area contributed by atoms with Crippen molar-refractivity contribution in [1.29, 1.82) is 0 Å². The predicted molar refractivity (Wildman–Crippen MR) is 130 cm³/mol. The van der Waals surface area contributed by atoms with Gasteiger partial charge in [0.1, 0.15) is 24.1 Å². The van der Waals surface area contributed by atoms with Gasteiger partial charge in [0, 0.05) is 32.3 Å². The van der Waals surface area contributed by atoms with Gasteiger partial charge in [-0.3, -0.25) is 19.3 Å². The molecule has 2 aromatic carbocycles. The molecule has 2 heterocycles. The fourth-order valence-corrected chi connectivity index (χ4v) is 4.55. The zero-order chi connectivity index (χ0) is 24.4. The van der Waals surface area contributed by atoms with Gasteiger partial charge in [-0.15, -0.1) is 0 Å². The van der Waals surface area contributed by atoms with Crippen molar-refractivity contribution in [3.05, 3.63) is 42.0 Å². The molecule has 0 saturated carbocycles. The Balaban J connectivity index is 1.65. The number of nitrogens with one attached hydrogen (secondary N) is 1. The van der Waals surface area contributed by atoms with Crippen molar-refractivity contribution in [3.63, 3.8) is 0 Å². The van der Waals surface area contributed by atoms with Crippen LogP contribution in [0.4, 0.5) is 17.1 Å². The average Bonchev–Trinajstić information content (AvgIpc) is 2.85. The van der Waals surface area contributed by atoms with Gasteiger partial charge < -0.3 is 24.6 Å². The van der Waals surface area contributed by atoms with Gasteiger partial charge in [0.25, 0.3) is 5.91 Å². The molecule has 34 heavy (non-hydrogen) atoms. The lowest BCUT2D eigenvalue weighted by molar-refractivity contribution is -0.123. The molecule has 9 nitrogen and oxygen atoms in total. The molecule has 0 radical (unpaired) electrons. The number of piperidine rings is 1. The molecular formula is C25H30N4O5. The first kappa shape index (κ1) is 23.4. The number of fused-ring (bicyclic) bond motifs is 3. The minimum Gasteiger partial charge on any atom is -0.497 e. The molecule has 2 aliphatic heterocycles. The van der Waals surface area contributed by atoms with Crippen LogP contribution in [-0.4, -0.2) is 70.1 Å². The second-order valence-electron chi connectivity index (χ2n) is 8.65. The minimum absolute atomic E-state index is 0.126. The Labute approximate surface area is 199 Å². The molecule has 0 unspecified atom stereocenters. The molecule has 2 aromatic rings. The van der Waals surface area contributed by atoms with Crippen molar-refractivity contribution in [2.24, 2.45) is 0 Å². The number of nitrogens with zero attached hydrogens (tertiary/aromatic N) is 3. The molecule has 180 valence electrons. The van der Waals surface area contributed by atoms with Crippen molar-refractivity contribution in [2.45, 2.75) is 25.3 Å². The molecule has 4 rings (SSSR count). The maximum Gasteiger partial charge on any atom is 0.253 e. The summed E-state index contributed by atoms with van der Waals surface area (Å²) in [6, 6.07) is 10.2. The number of hydrogen-bond donors (Lipinski definition) is 1. The quantitative estimate of drug-likeness (QED) is 0.704. The van der Waals surface area contributed by atoms with E-state index in [0.29, 0.717) is 28.4 Å². The van der Waals surface area contributed by atoms with Gasteiger partial charge in [-0.1, -0.05) is 0 Å². The summed E-state index contributed by atoms with van der Waals surface area (Å²) >= 11 is 0. The van der Waals surface area contributed by atoms with Crippen LogP contribution in [0.15, 0.2) is 36.4 Å². The van der Waals surface area contributed by atoms with Gasteiger partial charge in [0.15, 0.2) is 0 Å². The summed E-state index contributed by atoms with van der Waals surface area (Å²) in [7, 11) is 6.42. The van der Waals surface area contributed by atoms with Gasteiger partial charge in [0.05, 0.1) is 31.3 Å². The number of benzene rings is 2. The van der Waals surface area contributed by atoms with Gasteiger partial charge in [-0.05, 0) is 49.6 Å². The second-order valence-corrected chi connectivity index (χ2v) is 8.65. The first-order valence-electron chi connectivity index (χ1n) is 11.3. The Kier molecular flexibility index (Phi) is 6.63. The van der Waals surface area contributed by atoms with Gasteiger partial charge in [-0.25, -0.2) is 0 Å². The van der Waals surface area contributed by atoms with E-state index in [2.05, 4.69) is 10.2 Å². The maximum atomic E-state index is 13.5. The van der Waals surface area contributed by atoms with E-state index in [9.17, 15) is 14.4 Å². The Morgan fingerprint density at radius 2 is 1.85 bits per heavy atom. The molecule has 0 aliphatic carbocycles. The highest BCUT2D eigenvalue weighted by molar-refractivity contribution is 6.11. The molecule has 0 bridgehead atoms. The van der Waals surface area contributed by atoms with Crippen LogP contribution in [0, 0.1) is 0 Å². The normalized spacial score (nSPS) is 16.9. The number of hydrogen-bond acceptors (Lipinski definition) is 6. The number of rotatable bonds is 6.